The van der Waals surface area contributed by atoms with Gasteiger partial charge in [0.1, 0.15) is 16.6 Å². The van der Waals surface area contributed by atoms with E-state index >= 15 is 0 Å². The van der Waals surface area contributed by atoms with Crippen LogP contribution >= 0.6 is 11.6 Å². The molecule has 0 spiro atoms. The number of sulfonamides is 1. The minimum atomic E-state index is -3.27. The summed E-state index contributed by atoms with van der Waals surface area (Å²) in [6.07, 6.45) is 8.55. The van der Waals surface area contributed by atoms with Crippen molar-refractivity contribution in [3.8, 4) is 11.1 Å². The molecule has 1 fully saturated rings. The van der Waals surface area contributed by atoms with Gasteiger partial charge in [0, 0.05) is 35.4 Å². The maximum Gasteiger partial charge on any atom is 0.209 e. The Morgan fingerprint density at radius 2 is 2.00 bits per heavy atom. The Kier molecular flexibility index (Phi) is 5.27. The summed E-state index contributed by atoms with van der Waals surface area (Å²) in [4.78, 5) is 11.9. The van der Waals surface area contributed by atoms with Crippen molar-refractivity contribution in [1.29, 1.82) is 0 Å². The average molecular weight is 420 g/mol. The van der Waals surface area contributed by atoms with Crippen molar-refractivity contribution in [2.45, 2.75) is 37.8 Å². The molecule has 0 saturated heterocycles. The van der Waals surface area contributed by atoms with Gasteiger partial charge in [0.05, 0.1) is 6.26 Å². The van der Waals surface area contributed by atoms with Crippen molar-refractivity contribution in [1.82, 2.24) is 19.7 Å². The van der Waals surface area contributed by atoms with Crippen LogP contribution in [0.1, 0.15) is 25.7 Å². The maximum absolute atomic E-state index is 11.7. The summed E-state index contributed by atoms with van der Waals surface area (Å²) in [6, 6.07) is 7.45. The number of anilines is 1. The summed E-state index contributed by atoms with van der Waals surface area (Å²) >= 11 is 6.29. The first-order valence-electron chi connectivity index (χ1n) is 9.23. The van der Waals surface area contributed by atoms with Gasteiger partial charge in [0.25, 0.3) is 0 Å². The molecule has 0 aliphatic heterocycles. The standard InChI is InChI=1S/C19H22ClN5O2S/c1-28(26,27)25-16-7-3-2-6-15(16)23-18-10-12(9-17(20)24-18)14-11-22-19-13(14)5-4-8-21-19/h4-5,8-11,15-16,25H,2-3,6-7H2,1H3,(H,21,22)(H,23,24)/t15-,16-/m1/s1. The zero-order valence-electron chi connectivity index (χ0n) is 15.4. The van der Waals surface area contributed by atoms with Crippen LogP contribution in [0, 0.1) is 0 Å². The lowest BCUT2D eigenvalue weighted by Crippen LogP contribution is -2.48. The number of halogens is 1. The minimum Gasteiger partial charge on any atom is -0.366 e. The first-order valence-corrected chi connectivity index (χ1v) is 11.5. The van der Waals surface area contributed by atoms with Crippen LogP contribution in [0.5, 0.6) is 0 Å². The topological polar surface area (TPSA) is 99.8 Å². The minimum absolute atomic E-state index is 0.0353. The molecule has 1 saturated carbocycles. The van der Waals surface area contributed by atoms with Crippen LogP contribution in [0.2, 0.25) is 5.15 Å². The predicted molar refractivity (Wildman–Crippen MR) is 112 cm³/mol. The molecule has 0 amide bonds. The second kappa shape index (κ2) is 7.69. The first-order chi connectivity index (χ1) is 13.4. The molecule has 0 unspecified atom stereocenters. The second-order valence-electron chi connectivity index (χ2n) is 7.20. The van der Waals surface area contributed by atoms with Crippen LogP contribution in [0.4, 0.5) is 5.82 Å². The Morgan fingerprint density at radius 3 is 2.79 bits per heavy atom. The summed E-state index contributed by atoms with van der Waals surface area (Å²) in [7, 11) is -3.27. The molecule has 4 rings (SSSR count). The van der Waals surface area contributed by atoms with E-state index < -0.39 is 10.0 Å². The van der Waals surface area contributed by atoms with Crippen molar-refractivity contribution in [2.24, 2.45) is 0 Å². The molecule has 3 heterocycles. The number of fused-ring (bicyclic) bond motifs is 1. The first kappa shape index (κ1) is 19.2. The zero-order valence-corrected chi connectivity index (χ0v) is 17.0. The van der Waals surface area contributed by atoms with Crippen molar-refractivity contribution in [2.75, 3.05) is 11.6 Å². The number of hydrogen-bond donors (Lipinski definition) is 3. The normalized spacial score (nSPS) is 20.4. The maximum atomic E-state index is 11.7. The van der Waals surface area contributed by atoms with Crippen LogP contribution in [0.25, 0.3) is 22.2 Å². The summed E-state index contributed by atoms with van der Waals surface area (Å²) in [6.45, 7) is 0. The molecule has 7 nitrogen and oxygen atoms in total. The van der Waals surface area contributed by atoms with Gasteiger partial charge in [-0.05, 0) is 42.7 Å². The Labute approximate surface area is 169 Å². The Hall–Kier alpha value is -2.16. The fraction of sp³-hybridized carbons (Fsp3) is 0.368. The lowest BCUT2D eigenvalue weighted by Gasteiger charge is -2.32. The molecular weight excluding hydrogens is 398 g/mol. The molecule has 0 bridgehead atoms. The van der Waals surface area contributed by atoms with Gasteiger partial charge >= 0.3 is 0 Å². The molecule has 1 aliphatic carbocycles. The third kappa shape index (κ3) is 4.29. The number of aromatic nitrogens is 3. The van der Waals surface area contributed by atoms with Crippen LogP contribution in [0.3, 0.4) is 0 Å². The van der Waals surface area contributed by atoms with Gasteiger partial charge in [-0.15, -0.1) is 0 Å². The van der Waals surface area contributed by atoms with Crippen LogP contribution in [0.15, 0.2) is 36.7 Å². The van der Waals surface area contributed by atoms with Gasteiger partial charge < -0.3 is 10.3 Å². The van der Waals surface area contributed by atoms with Crippen molar-refractivity contribution < 1.29 is 8.42 Å². The quantitative estimate of drug-likeness (QED) is 0.549. The van der Waals surface area contributed by atoms with Crippen molar-refractivity contribution in [3.63, 3.8) is 0 Å². The van der Waals surface area contributed by atoms with Gasteiger partial charge in [-0.25, -0.2) is 23.1 Å². The predicted octanol–water partition coefficient (Wildman–Crippen LogP) is 3.55. The summed E-state index contributed by atoms with van der Waals surface area (Å²) in [5.41, 5.74) is 2.72. The van der Waals surface area contributed by atoms with Gasteiger partial charge in [0.15, 0.2) is 0 Å². The van der Waals surface area contributed by atoms with E-state index in [1.165, 1.54) is 6.26 Å². The number of H-pyrrole nitrogens is 1. The molecule has 3 N–H and O–H groups in total. The SMILES string of the molecule is CS(=O)(=O)N[C@@H]1CCCC[C@H]1Nc1cc(-c2c[nH]c3ncccc23)cc(Cl)n1. The van der Waals surface area contributed by atoms with Crippen molar-refractivity contribution >= 4 is 38.5 Å². The van der Waals surface area contributed by atoms with E-state index in [0.29, 0.717) is 11.0 Å². The molecule has 1 aliphatic rings. The van der Waals surface area contributed by atoms with E-state index in [1.807, 2.05) is 30.5 Å². The van der Waals surface area contributed by atoms with Gasteiger partial charge in [-0.3, -0.25) is 0 Å². The number of hydrogen-bond acceptors (Lipinski definition) is 5. The third-order valence-corrected chi connectivity index (χ3v) is 5.95. The lowest BCUT2D eigenvalue weighted by molar-refractivity contribution is 0.379. The fourth-order valence-electron chi connectivity index (χ4n) is 3.83. The van der Waals surface area contributed by atoms with E-state index in [9.17, 15) is 8.42 Å². The molecular formula is C19H22ClN5O2S. The second-order valence-corrected chi connectivity index (χ2v) is 9.36. The number of rotatable bonds is 5. The largest absolute Gasteiger partial charge is 0.366 e. The number of pyridine rings is 2. The van der Waals surface area contributed by atoms with Gasteiger partial charge in [0.2, 0.25) is 10.0 Å². The van der Waals surface area contributed by atoms with E-state index in [1.54, 1.807) is 6.20 Å². The Morgan fingerprint density at radius 1 is 1.21 bits per heavy atom. The summed E-state index contributed by atoms with van der Waals surface area (Å²) < 4.78 is 26.1. The highest BCUT2D eigenvalue weighted by molar-refractivity contribution is 7.88. The molecule has 9 heteroatoms. The lowest BCUT2D eigenvalue weighted by atomic mass is 9.91. The Bertz CT molecular complexity index is 1100. The third-order valence-electron chi connectivity index (χ3n) is 5.02. The highest BCUT2D eigenvalue weighted by atomic mass is 35.5. The molecule has 0 radical (unpaired) electrons. The van der Waals surface area contributed by atoms with Crippen LogP contribution < -0.4 is 10.0 Å². The van der Waals surface area contributed by atoms with E-state index in [2.05, 4.69) is 25.0 Å². The molecule has 3 aromatic rings. The van der Waals surface area contributed by atoms with Crippen LogP contribution in [-0.2, 0) is 10.0 Å². The smallest absolute Gasteiger partial charge is 0.209 e. The summed E-state index contributed by atoms with van der Waals surface area (Å²) in [5.74, 6) is 0.632. The van der Waals surface area contributed by atoms with E-state index in [-0.39, 0.29) is 12.1 Å². The molecule has 148 valence electrons. The van der Waals surface area contributed by atoms with E-state index in [4.69, 9.17) is 11.6 Å². The van der Waals surface area contributed by atoms with Crippen LogP contribution in [-0.4, -0.2) is 41.7 Å². The Balaban J connectivity index is 1.63. The average Bonchev–Trinajstić information content (AvgIpc) is 3.06. The highest BCUT2D eigenvalue weighted by Crippen LogP contribution is 2.31. The van der Waals surface area contributed by atoms with E-state index in [0.717, 1.165) is 47.8 Å². The monoisotopic (exact) mass is 419 g/mol. The molecule has 2 atom stereocenters. The van der Waals surface area contributed by atoms with Gasteiger partial charge in [-0.2, -0.15) is 0 Å². The highest BCUT2D eigenvalue weighted by Gasteiger charge is 2.27. The fourth-order valence-corrected chi connectivity index (χ4v) is 4.87. The summed E-state index contributed by atoms with van der Waals surface area (Å²) in [5, 5.41) is 4.78. The number of aromatic amines is 1. The zero-order chi connectivity index (χ0) is 19.7. The number of nitrogens with one attached hydrogen (secondary N) is 3. The van der Waals surface area contributed by atoms with Gasteiger partial charge in [-0.1, -0.05) is 24.4 Å². The van der Waals surface area contributed by atoms with Crippen molar-refractivity contribution in [3.05, 3.63) is 41.8 Å². The molecule has 3 aromatic heterocycles. The number of nitrogens with zero attached hydrogens (tertiary/aromatic N) is 2. The molecule has 0 aromatic carbocycles. The molecule has 28 heavy (non-hydrogen) atoms.